The average molecular weight is 591 g/mol. The number of piperazine rings is 1. The van der Waals surface area contributed by atoms with Crippen LogP contribution in [0.15, 0.2) is 42.5 Å². The number of nitrogens with one attached hydrogen (secondary N) is 1. The first-order valence-corrected chi connectivity index (χ1v) is 15.8. The molecule has 1 saturated heterocycles. The van der Waals surface area contributed by atoms with E-state index in [2.05, 4.69) is 54.4 Å². The lowest BCUT2D eigenvalue weighted by molar-refractivity contribution is 0.0600. The molecule has 2 aromatic carbocycles. The number of hydrogen-bond acceptors (Lipinski definition) is 7. The van der Waals surface area contributed by atoms with Crippen molar-refractivity contribution in [2.75, 3.05) is 65.3 Å². The first-order valence-electron chi connectivity index (χ1n) is 15.8. The van der Waals surface area contributed by atoms with Gasteiger partial charge >= 0.3 is 5.97 Å². The Bertz CT molecular complexity index is 1330. The summed E-state index contributed by atoms with van der Waals surface area (Å²) in [5, 5.41) is 3.46. The van der Waals surface area contributed by atoms with Gasteiger partial charge in [0.25, 0.3) is 5.91 Å². The highest BCUT2D eigenvalue weighted by Crippen LogP contribution is 2.26. The van der Waals surface area contributed by atoms with Gasteiger partial charge in [-0.1, -0.05) is 27.7 Å². The van der Waals surface area contributed by atoms with E-state index in [0.29, 0.717) is 23.0 Å². The molecular weight excluding hydrogens is 540 g/mol. The second-order valence-corrected chi connectivity index (χ2v) is 12.6. The van der Waals surface area contributed by atoms with Gasteiger partial charge < -0.3 is 29.3 Å². The molecule has 9 nitrogen and oxygen atoms in total. The predicted octanol–water partition coefficient (Wildman–Crippen LogP) is 5.74. The summed E-state index contributed by atoms with van der Waals surface area (Å²) in [7, 11) is 3.56. The summed E-state index contributed by atoms with van der Waals surface area (Å²) in [6.07, 6.45) is 2.94. The highest BCUT2D eigenvalue weighted by molar-refractivity contribution is 5.98. The van der Waals surface area contributed by atoms with Gasteiger partial charge in [0.1, 0.15) is 0 Å². The number of ether oxygens (including phenoxy) is 1. The van der Waals surface area contributed by atoms with Crippen molar-refractivity contribution in [3.05, 3.63) is 53.6 Å². The summed E-state index contributed by atoms with van der Waals surface area (Å²) in [5.74, 6) is 1.51. The quantitative estimate of drug-likeness (QED) is 0.240. The number of amides is 1. The molecule has 1 fully saturated rings. The summed E-state index contributed by atoms with van der Waals surface area (Å²) in [4.78, 5) is 37.6. The minimum absolute atomic E-state index is 0.0845. The third kappa shape index (κ3) is 9.03. The second kappa shape index (κ2) is 15.3. The molecular formula is C34H50N6O3. The number of imidazole rings is 1. The number of esters is 1. The van der Waals surface area contributed by atoms with Gasteiger partial charge in [-0.25, -0.2) is 9.78 Å². The molecule has 0 atom stereocenters. The van der Waals surface area contributed by atoms with Crippen LogP contribution >= 0.6 is 0 Å². The minimum atomic E-state index is -0.365. The largest absolute Gasteiger partial charge is 0.465 e. The highest BCUT2D eigenvalue weighted by atomic mass is 16.5. The lowest BCUT2D eigenvalue weighted by atomic mass is 10.1. The van der Waals surface area contributed by atoms with E-state index in [1.807, 2.05) is 35.2 Å². The number of rotatable bonds is 14. The maximum Gasteiger partial charge on any atom is 0.337 e. The topological polar surface area (TPSA) is 82.9 Å². The maximum absolute atomic E-state index is 13.8. The third-order valence-corrected chi connectivity index (χ3v) is 8.25. The van der Waals surface area contributed by atoms with Crippen LogP contribution in [0.25, 0.3) is 11.0 Å². The Morgan fingerprint density at radius 2 is 1.53 bits per heavy atom. The number of fused-ring (bicyclic) bond motifs is 1. The predicted molar refractivity (Wildman–Crippen MR) is 174 cm³/mol. The van der Waals surface area contributed by atoms with Crippen LogP contribution in [0.5, 0.6) is 0 Å². The lowest BCUT2D eigenvalue weighted by Crippen LogP contribution is -2.44. The van der Waals surface area contributed by atoms with Crippen LogP contribution in [0.2, 0.25) is 0 Å². The van der Waals surface area contributed by atoms with Gasteiger partial charge in [0.05, 0.1) is 23.7 Å². The molecule has 43 heavy (non-hydrogen) atoms. The van der Waals surface area contributed by atoms with Crippen molar-refractivity contribution in [3.63, 3.8) is 0 Å². The zero-order valence-electron chi connectivity index (χ0n) is 26.9. The van der Waals surface area contributed by atoms with Crippen LogP contribution in [-0.4, -0.2) is 96.1 Å². The Balaban J connectivity index is 1.61. The van der Waals surface area contributed by atoms with Gasteiger partial charge in [-0.2, -0.15) is 0 Å². The summed E-state index contributed by atoms with van der Waals surface area (Å²) in [6.45, 7) is 16.5. The van der Waals surface area contributed by atoms with E-state index >= 15 is 0 Å². The van der Waals surface area contributed by atoms with Gasteiger partial charge in [-0.05, 0) is 87.2 Å². The van der Waals surface area contributed by atoms with Crippen molar-refractivity contribution in [2.24, 2.45) is 11.8 Å². The number of aromatic nitrogens is 2. The minimum Gasteiger partial charge on any atom is -0.465 e. The fraction of sp³-hybridized carbons (Fsp3) is 0.559. The Morgan fingerprint density at radius 3 is 2.14 bits per heavy atom. The van der Waals surface area contributed by atoms with E-state index < -0.39 is 0 Å². The molecule has 9 heteroatoms. The molecule has 0 saturated carbocycles. The number of likely N-dealkylation sites (N-methyl/N-ethyl adjacent to an activating group) is 1. The fourth-order valence-corrected chi connectivity index (χ4v) is 5.36. The van der Waals surface area contributed by atoms with Crippen LogP contribution in [0.1, 0.15) is 67.7 Å². The average Bonchev–Trinajstić information content (AvgIpc) is 3.33. The van der Waals surface area contributed by atoms with Crippen molar-refractivity contribution in [1.82, 2.24) is 24.3 Å². The van der Waals surface area contributed by atoms with Crippen LogP contribution in [0.3, 0.4) is 0 Å². The molecule has 1 aromatic heterocycles. The van der Waals surface area contributed by atoms with Crippen LogP contribution < -0.4 is 5.32 Å². The molecule has 1 amide bonds. The van der Waals surface area contributed by atoms with Gasteiger partial charge in [-0.3, -0.25) is 4.79 Å². The van der Waals surface area contributed by atoms with Crippen molar-refractivity contribution >= 4 is 34.5 Å². The smallest absolute Gasteiger partial charge is 0.337 e. The normalized spacial score (nSPS) is 14.5. The third-order valence-electron chi connectivity index (χ3n) is 8.25. The number of carbonyl (C=O) groups is 2. The first-order chi connectivity index (χ1) is 20.6. The summed E-state index contributed by atoms with van der Waals surface area (Å²) in [6, 6.07) is 13.1. The molecule has 0 radical (unpaired) electrons. The number of anilines is 2. The highest BCUT2D eigenvalue weighted by Gasteiger charge is 2.20. The van der Waals surface area contributed by atoms with E-state index in [9.17, 15) is 9.59 Å². The van der Waals surface area contributed by atoms with E-state index in [4.69, 9.17) is 9.72 Å². The molecule has 3 aromatic rings. The summed E-state index contributed by atoms with van der Waals surface area (Å²) >= 11 is 0. The Morgan fingerprint density at radius 1 is 0.907 bits per heavy atom. The molecule has 1 aliphatic rings. The Hall–Kier alpha value is -3.43. The van der Waals surface area contributed by atoms with Gasteiger partial charge in [-0.15, -0.1) is 0 Å². The molecule has 234 valence electrons. The molecule has 0 bridgehead atoms. The SMILES string of the molecule is COC(=O)c1ccc(Nc2nc3ccc(C(=O)N(CCC(C)C)CCC(C)C)cc3n2CCCN2CCN(C)CC2)cc1. The number of methoxy groups -OCH3 is 1. The Labute approximate surface area is 257 Å². The fourth-order valence-electron chi connectivity index (χ4n) is 5.36. The van der Waals surface area contributed by atoms with E-state index in [-0.39, 0.29) is 11.9 Å². The number of carbonyl (C=O) groups excluding carboxylic acids is 2. The first kappa shape index (κ1) is 32.5. The standard InChI is InChI=1S/C34H50N6O3/c1-25(2)14-18-39(19-15-26(3)4)32(41)28-10-13-30-31(24-28)40(17-7-16-38-22-20-37(5)21-23-38)34(36-30)35-29-11-8-27(9-12-29)33(42)43-6/h8-13,24-26H,7,14-23H2,1-6H3,(H,35,36). The van der Waals surface area contributed by atoms with E-state index in [0.717, 1.165) is 94.3 Å². The maximum atomic E-state index is 13.8. The van der Waals surface area contributed by atoms with Crippen molar-refractivity contribution in [1.29, 1.82) is 0 Å². The van der Waals surface area contributed by atoms with Crippen LogP contribution in [0, 0.1) is 11.8 Å². The number of hydrogen-bond donors (Lipinski definition) is 1. The van der Waals surface area contributed by atoms with Gasteiger partial charge in [0, 0.05) is 57.1 Å². The van der Waals surface area contributed by atoms with E-state index in [1.54, 1.807) is 12.1 Å². The Kier molecular flexibility index (Phi) is 11.6. The summed E-state index contributed by atoms with van der Waals surface area (Å²) in [5.41, 5.74) is 3.82. The lowest BCUT2D eigenvalue weighted by Gasteiger charge is -2.32. The van der Waals surface area contributed by atoms with E-state index in [1.165, 1.54) is 7.11 Å². The van der Waals surface area contributed by atoms with Crippen LogP contribution in [0.4, 0.5) is 11.6 Å². The molecule has 0 aliphatic carbocycles. The molecule has 0 unspecified atom stereocenters. The molecule has 4 rings (SSSR count). The molecule has 2 heterocycles. The number of aryl methyl sites for hydroxylation is 1. The molecule has 1 aliphatic heterocycles. The zero-order valence-corrected chi connectivity index (χ0v) is 26.9. The number of nitrogens with zero attached hydrogens (tertiary/aromatic N) is 5. The van der Waals surface area contributed by atoms with Crippen molar-refractivity contribution in [3.8, 4) is 0 Å². The van der Waals surface area contributed by atoms with Crippen molar-refractivity contribution in [2.45, 2.75) is 53.5 Å². The monoisotopic (exact) mass is 590 g/mol. The second-order valence-electron chi connectivity index (χ2n) is 12.6. The van der Waals surface area contributed by atoms with Gasteiger partial charge in [0.2, 0.25) is 5.95 Å². The molecule has 0 spiro atoms. The van der Waals surface area contributed by atoms with Crippen molar-refractivity contribution < 1.29 is 14.3 Å². The summed E-state index contributed by atoms with van der Waals surface area (Å²) < 4.78 is 7.04. The van der Waals surface area contributed by atoms with Crippen LogP contribution in [-0.2, 0) is 11.3 Å². The molecule has 1 N–H and O–H groups in total. The van der Waals surface area contributed by atoms with Gasteiger partial charge in [0.15, 0.2) is 0 Å². The number of benzene rings is 2. The zero-order chi connectivity index (χ0) is 30.9.